The van der Waals surface area contributed by atoms with Crippen LogP contribution in [0.2, 0.25) is 0 Å². The van der Waals surface area contributed by atoms with Gasteiger partial charge in [-0.2, -0.15) is 0 Å². The second-order valence-electron chi connectivity index (χ2n) is 8.08. The average molecular weight is 489 g/mol. The Balaban J connectivity index is 1.25. The minimum Gasteiger partial charge on any atom is -0.484 e. The first-order chi connectivity index (χ1) is 16.2. The lowest BCUT2D eigenvalue weighted by Gasteiger charge is -2.34. The van der Waals surface area contributed by atoms with Crippen LogP contribution in [0, 0.1) is 5.82 Å². The van der Waals surface area contributed by atoms with E-state index in [-0.39, 0.29) is 43.8 Å². The fourth-order valence-corrected chi connectivity index (χ4v) is 3.86. The molecule has 3 atom stereocenters. The summed E-state index contributed by atoms with van der Waals surface area (Å²) in [6.07, 6.45) is -6.00. The second kappa shape index (κ2) is 10.2. The molecule has 0 bridgehead atoms. The van der Waals surface area contributed by atoms with Gasteiger partial charge in [-0.1, -0.05) is 0 Å². The van der Waals surface area contributed by atoms with Crippen molar-refractivity contribution in [2.75, 3.05) is 20.3 Å². The zero-order valence-electron chi connectivity index (χ0n) is 18.1. The summed E-state index contributed by atoms with van der Waals surface area (Å²) < 4.78 is 76.0. The highest BCUT2D eigenvalue weighted by Gasteiger charge is 2.43. The van der Waals surface area contributed by atoms with Crippen LogP contribution in [0.4, 0.5) is 17.6 Å². The quantitative estimate of drug-likeness (QED) is 0.565. The van der Waals surface area contributed by atoms with Gasteiger partial charge in [-0.25, -0.2) is 4.39 Å². The Morgan fingerprint density at radius 3 is 2.53 bits per heavy atom. The summed E-state index contributed by atoms with van der Waals surface area (Å²) in [5, 5.41) is 10.7. The highest BCUT2D eigenvalue weighted by molar-refractivity contribution is 5.78. The Labute approximate surface area is 191 Å². The molecule has 1 unspecified atom stereocenters. The summed E-state index contributed by atoms with van der Waals surface area (Å²) in [7, 11) is 1.50. The molecule has 1 aliphatic carbocycles. The van der Waals surface area contributed by atoms with Crippen molar-refractivity contribution in [2.24, 2.45) is 0 Å². The molecule has 1 aromatic carbocycles. The fraction of sp³-hybridized carbons (Fsp3) is 0.571. The number of ether oxygens (including phenoxy) is 4. The Morgan fingerprint density at radius 1 is 1.15 bits per heavy atom. The number of carbonyl (C=O) groups is 1. The molecule has 1 saturated carbocycles. The van der Waals surface area contributed by atoms with Gasteiger partial charge in [0.05, 0.1) is 24.9 Å². The van der Waals surface area contributed by atoms with Crippen LogP contribution in [0.25, 0.3) is 0 Å². The largest absolute Gasteiger partial charge is 0.522 e. The number of methoxy groups -OCH3 is 1. The number of amides is 1. The zero-order valence-corrected chi connectivity index (χ0v) is 18.1. The third kappa shape index (κ3) is 6.21. The van der Waals surface area contributed by atoms with Crippen molar-refractivity contribution in [2.45, 2.75) is 55.9 Å². The van der Waals surface area contributed by atoms with E-state index in [1.54, 1.807) is 0 Å². The minimum absolute atomic E-state index is 0.105. The summed E-state index contributed by atoms with van der Waals surface area (Å²) in [5.41, 5.74) is 0. The van der Waals surface area contributed by atoms with Gasteiger partial charge in [0, 0.05) is 19.4 Å². The number of halogens is 4. The number of rotatable bonds is 8. The van der Waals surface area contributed by atoms with E-state index in [4.69, 9.17) is 18.6 Å². The molecule has 2 aliphatic rings. The van der Waals surface area contributed by atoms with Gasteiger partial charge in [0.2, 0.25) is 11.8 Å². The number of carbonyl (C=O) groups excluding carboxylic acids is 1. The zero-order chi connectivity index (χ0) is 24.3. The van der Waals surface area contributed by atoms with E-state index in [2.05, 4.69) is 20.3 Å². The molecule has 1 aliphatic heterocycles. The summed E-state index contributed by atoms with van der Waals surface area (Å²) in [6, 6.07) is 4.83. The molecule has 2 aromatic rings. The van der Waals surface area contributed by atoms with E-state index < -0.39 is 42.4 Å². The summed E-state index contributed by atoms with van der Waals surface area (Å²) in [4.78, 5) is 12.3. The molecule has 2 fully saturated rings. The van der Waals surface area contributed by atoms with Crippen LogP contribution >= 0.6 is 0 Å². The molecule has 1 amide bonds. The van der Waals surface area contributed by atoms with E-state index in [1.165, 1.54) is 31.4 Å². The van der Waals surface area contributed by atoms with Crippen LogP contribution in [0.15, 0.2) is 28.7 Å². The van der Waals surface area contributed by atoms with E-state index in [1.807, 2.05) is 0 Å². The molecular formula is C21H23F4N3O6. The maximum Gasteiger partial charge on any atom is 0.522 e. The number of aromatic nitrogens is 2. The van der Waals surface area contributed by atoms with Crippen LogP contribution in [-0.2, 0) is 19.0 Å². The van der Waals surface area contributed by atoms with Gasteiger partial charge >= 0.3 is 6.36 Å². The predicted molar refractivity (Wildman–Crippen MR) is 105 cm³/mol. The molecule has 9 nitrogen and oxygen atoms in total. The molecule has 0 spiro atoms. The van der Waals surface area contributed by atoms with Crippen LogP contribution in [0.5, 0.6) is 5.75 Å². The number of hydrogen-bond acceptors (Lipinski definition) is 8. The molecule has 1 N–H and O–H groups in total. The average Bonchev–Trinajstić information content (AvgIpc) is 3.25. The van der Waals surface area contributed by atoms with Gasteiger partial charge in [-0.3, -0.25) is 9.53 Å². The second-order valence-corrected chi connectivity index (χ2v) is 8.08. The van der Waals surface area contributed by atoms with Gasteiger partial charge in [0.1, 0.15) is 17.7 Å². The topological polar surface area (TPSA) is 105 Å². The Morgan fingerprint density at radius 2 is 1.85 bits per heavy atom. The summed E-state index contributed by atoms with van der Waals surface area (Å²) >= 11 is 0. The maximum absolute atomic E-state index is 12.9. The highest BCUT2D eigenvalue weighted by Crippen LogP contribution is 2.41. The number of nitrogens with zero attached hydrogens (tertiary/aromatic N) is 2. The van der Waals surface area contributed by atoms with Crippen molar-refractivity contribution in [3.63, 3.8) is 0 Å². The molecule has 4 rings (SSSR count). The molecule has 0 radical (unpaired) electrons. The van der Waals surface area contributed by atoms with Crippen molar-refractivity contribution in [3.8, 4) is 5.75 Å². The fourth-order valence-electron chi connectivity index (χ4n) is 3.86. The number of hydrogen-bond donors (Lipinski definition) is 1. The Kier molecular flexibility index (Phi) is 7.33. The van der Waals surface area contributed by atoms with E-state index in [0.717, 1.165) is 0 Å². The molecule has 1 aromatic heterocycles. The Bertz CT molecular complexity index is 964. The molecule has 34 heavy (non-hydrogen) atoms. The van der Waals surface area contributed by atoms with Crippen molar-refractivity contribution >= 4 is 5.91 Å². The van der Waals surface area contributed by atoms with Gasteiger partial charge in [0.25, 0.3) is 5.91 Å². The third-order valence-electron chi connectivity index (χ3n) is 5.68. The SMILES string of the molecule is COC1C[C@H](c2nnc([C@H]3C[C@@H](OC(F)(F)F)C3)o2)OC[C@H]1NC(=O)COc1ccc(F)cc1. The van der Waals surface area contributed by atoms with Crippen LogP contribution in [0.3, 0.4) is 0 Å². The first-order valence-electron chi connectivity index (χ1n) is 10.6. The van der Waals surface area contributed by atoms with Crippen molar-refractivity contribution in [1.82, 2.24) is 15.5 Å². The third-order valence-corrected chi connectivity index (χ3v) is 5.68. The monoisotopic (exact) mass is 489 g/mol. The van der Waals surface area contributed by atoms with Crippen molar-refractivity contribution in [3.05, 3.63) is 41.9 Å². The number of nitrogens with one attached hydrogen (secondary N) is 1. The smallest absolute Gasteiger partial charge is 0.484 e. The van der Waals surface area contributed by atoms with Crippen LogP contribution < -0.4 is 10.1 Å². The van der Waals surface area contributed by atoms with Gasteiger partial charge in [0.15, 0.2) is 6.61 Å². The highest BCUT2D eigenvalue weighted by atomic mass is 19.4. The lowest BCUT2D eigenvalue weighted by molar-refractivity contribution is -0.352. The summed E-state index contributed by atoms with van der Waals surface area (Å²) in [5.74, 6) is -0.323. The van der Waals surface area contributed by atoms with Gasteiger partial charge in [-0.15, -0.1) is 23.4 Å². The lowest BCUT2D eigenvalue weighted by Crippen LogP contribution is -2.51. The minimum atomic E-state index is -4.67. The molecule has 2 heterocycles. The van der Waals surface area contributed by atoms with Crippen LogP contribution in [0.1, 0.15) is 43.1 Å². The van der Waals surface area contributed by atoms with E-state index >= 15 is 0 Å². The van der Waals surface area contributed by atoms with E-state index in [0.29, 0.717) is 12.2 Å². The predicted octanol–water partition coefficient (Wildman–Crippen LogP) is 3.03. The molecule has 186 valence electrons. The molecular weight excluding hydrogens is 466 g/mol. The van der Waals surface area contributed by atoms with Crippen LogP contribution in [-0.4, -0.2) is 61.0 Å². The molecule has 1 saturated heterocycles. The normalized spacial score (nSPS) is 27.1. The van der Waals surface area contributed by atoms with Crippen molar-refractivity contribution < 1.29 is 45.7 Å². The van der Waals surface area contributed by atoms with Gasteiger partial charge in [-0.05, 0) is 37.1 Å². The number of alkyl halides is 3. The van der Waals surface area contributed by atoms with E-state index in [9.17, 15) is 22.4 Å². The van der Waals surface area contributed by atoms with Crippen molar-refractivity contribution in [1.29, 1.82) is 0 Å². The van der Waals surface area contributed by atoms with Gasteiger partial charge < -0.3 is 23.9 Å². The Hall–Kier alpha value is -2.77. The summed E-state index contributed by atoms with van der Waals surface area (Å²) in [6.45, 7) is -0.163. The first-order valence-corrected chi connectivity index (χ1v) is 10.6. The maximum atomic E-state index is 12.9. The first kappa shape index (κ1) is 24.4. The lowest BCUT2D eigenvalue weighted by atomic mass is 9.82. The number of benzene rings is 1. The molecule has 13 heteroatoms. The standard InChI is InChI=1S/C21H23F4N3O6/c1-30-16-8-17(20-28-27-19(33-20)11-6-14(7-11)34-21(23,24)25)32-9-15(16)26-18(29)10-31-13-4-2-12(22)3-5-13/h2-5,11,14-17H,6-10H2,1H3,(H,26,29)/t11-,14+,15-,16?,17-/m1/s1.